The zero-order chi connectivity index (χ0) is 24.4. The second kappa shape index (κ2) is 7.66. The van der Waals surface area contributed by atoms with Gasteiger partial charge in [0.2, 0.25) is 0 Å². The third-order valence-corrected chi connectivity index (χ3v) is 8.25. The average Bonchev–Trinajstić information content (AvgIpc) is 3.53. The molecule has 0 nitrogen and oxygen atoms in total. The van der Waals surface area contributed by atoms with Crippen molar-refractivity contribution in [3.8, 4) is 22.3 Å². The molecule has 4 aromatic rings. The Morgan fingerprint density at radius 3 is 1.14 bits per heavy atom. The molecular weight excluding hydrogens is 444 g/mol. The molecule has 5 aliphatic rings. The molecule has 5 aliphatic carbocycles. The van der Waals surface area contributed by atoms with Crippen LogP contribution >= 0.6 is 0 Å². The molecule has 9 rings (SSSR count). The average molecular weight is 469 g/mol. The van der Waals surface area contributed by atoms with Crippen molar-refractivity contribution in [3.63, 3.8) is 0 Å². The molecule has 0 fully saturated rings. The lowest BCUT2D eigenvalue weighted by atomic mass is 9.65. The van der Waals surface area contributed by atoms with Gasteiger partial charge in [0, 0.05) is 0 Å². The van der Waals surface area contributed by atoms with Crippen LogP contribution in [0.2, 0.25) is 0 Å². The van der Waals surface area contributed by atoms with Crippen LogP contribution in [0.1, 0.15) is 22.3 Å². The Morgan fingerprint density at radius 1 is 0.378 bits per heavy atom. The summed E-state index contributed by atoms with van der Waals surface area (Å²) in [6, 6.07) is 34.5. The summed E-state index contributed by atoms with van der Waals surface area (Å²) in [6.07, 6.45) is 18.4. The fraction of sp³-hybridized carbons (Fsp3) is 0.0270. The topological polar surface area (TPSA) is 0 Å². The van der Waals surface area contributed by atoms with E-state index < -0.39 is 0 Å². The Kier molecular flexibility index (Phi) is 4.24. The summed E-state index contributed by atoms with van der Waals surface area (Å²) < 4.78 is 0. The number of benzene rings is 4. The van der Waals surface area contributed by atoms with Crippen LogP contribution in [0.4, 0.5) is 0 Å². The summed E-state index contributed by atoms with van der Waals surface area (Å²) in [6.45, 7) is 0. The number of allylic oxidation sites excluding steroid dienone is 10. The van der Waals surface area contributed by atoms with Crippen LogP contribution in [0.3, 0.4) is 0 Å². The molecule has 0 aromatic heterocycles. The van der Waals surface area contributed by atoms with E-state index in [0.29, 0.717) is 0 Å². The molecule has 0 amide bonds. The maximum Gasteiger partial charge on any atom is 0.0581 e. The maximum absolute atomic E-state index is 2.38. The zero-order valence-corrected chi connectivity index (χ0v) is 20.4. The molecule has 0 aliphatic heterocycles. The molecule has 0 heteroatoms. The van der Waals surface area contributed by atoms with Crippen molar-refractivity contribution in [2.24, 2.45) is 5.41 Å². The summed E-state index contributed by atoms with van der Waals surface area (Å²) in [5.74, 6) is 0. The molecule has 0 saturated carbocycles. The van der Waals surface area contributed by atoms with Gasteiger partial charge >= 0.3 is 0 Å². The highest BCUT2D eigenvalue weighted by molar-refractivity contribution is 6.05. The minimum atomic E-state index is -0.161. The standard InChI is InChI=1S/C25H16.C12H8/c1-3-9-19-17(7-1)15-23-21(19)11-5-13-25(23)14-6-12-22-20-10-4-2-8-18(20)16-24(22)25;1-2-6-10-9(5-1)11-7-3-4-8-12(10)11/h1-16H;1-8H. The molecule has 0 atom stereocenters. The highest BCUT2D eigenvalue weighted by Gasteiger charge is 2.43. The molecule has 37 heavy (non-hydrogen) atoms. The fourth-order valence-electron chi connectivity index (χ4n) is 6.53. The number of hydrogen-bond acceptors (Lipinski definition) is 0. The van der Waals surface area contributed by atoms with Gasteiger partial charge in [0.05, 0.1) is 5.41 Å². The van der Waals surface area contributed by atoms with Gasteiger partial charge in [-0.2, -0.15) is 0 Å². The van der Waals surface area contributed by atoms with Crippen molar-refractivity contribution in [3.05, 3.63) is 167 Å². The highest BCUT2D eigenvalue weighted by atomic mass is 14.5. The Morgan fingerprint density at radius 2 is 0.730 bits per heavy atom. The Hall–Kier alpha value is -4.68. The number of rotatable bonds is 0. The van der Waals surface area contributed by atoms with Crippen LogP contribution in [0.15, 0.2) is 145 Å². The summed E-state index contributed by atoms with van der Waals surface area (Å²) in [4.78, 5) is 0. The van der Waals surface area contributed by atoms with Crippen LogP contribution in [0, 0.1) is 5.41 Å². The van der Waals surface area contributed by atoms with Gasteiger partial charge in [-0.1, -0.05) is 134 Å². The van der Waals surface area contributed by atoms with Crippen molar-refractivity contribution >= 4 is 23.3 Å². The molecule has 4 aromatic carbocycles. The first-order valence-electron chi connectivity index (χ1n) is 13.0. The van der Waals surface area contributed by atoms with Gasteiger partial charge in [-0.15, -0.1) is 0 Å². The first-order chi connectivity index (χ1) is 18.3. The zero-order valence-electron chi connectivity index (χ0n) is 20.4. The molecule has 0 N–H and O–H groups in total. The molecule has 172 valence electrons. The van der Waals surface area contributed by atoms with Crippen LogP contribution in [0.5, 0.6) is 0 Å². The summed E-state index contributed by atoms with van der Waals surface area (Å²) in [7, 11) is 0. The second-order valence-electron chi connectivity index (χ2n) is 10.1. The monoisotopic (exact) mass is 468 g/mol. The van der Waals surface area contributed by atoms with Crippen molar-refractivity contribution < 1.29 is 0 Å². The smallest absolute Gasteiger partial charge is 0.0581 e. The van der Waals surface area contributed by atoms with Crippen molar-refractivity contribution in [2.75, 3.05) is 0 Å². The van der Waals surface area contributed by atoms with E-state index in [4.69, 9.17) is 0 Å². The molecule has 0 unspecified atom stereocenters. The second-order valence-corrected chi connectivity index (χ2v) is 10.1. The van der Waals surface area contributed by atoms with Crippen LogP contribution in [-0.2, 0) is 0 Å². The first-order valence-corrected chi connectivity index (χ1v) is 13.0. The third-order valence-electron chi connectivity index (χ3n) is 8.25. The minimum Gasteiger partial charge on any atom is -0.0657 e. The Balaban J connectivity index is 0.000000150. The van der Waals surface area contributed by atoms with Gasteiger partial charge < -0.3 is 0 Å². The van der Waals surface area contributed by atoms with Gasteiger partial charge in [0.1, 0.15) is 0 Å². The molecule has 0 bridgehead atoms. The lowest BCUT2D eigenvalue weighted by molar-refractivity contribution is 0.754. The Bertz CT molecular complexity index is 1620. The summed E-state index contributed by atoms with van der Waals surface area (Å²) in [5.41, 5.74) is 16.3. The van der Waals surface area contributed by atoms with E-state index in [1.807, 2.05) is 0 Å². The van der Waals surface area contributed by atoms with Gasteiger partial charge in [-0.3, -0.25) is 0 Å². The Labute approximate surface area is 217 Å². The van der Waals surface area contributed by atoms with Gasteiger partial charge in [0.25, 0.3) is 0 Å². The number of hydrogen-bond donors (Lipinski definition) is 0. The van der Waals surface area contributed by atoms with Crippen molar-refractivity contribution in [1.82, 2.24) is 0 Å². The molecular formula is C37H24. The summed E-state index contributed by atoms with van der Waals surface area (Å²) in [5, 5.41) is 0. The first kappa shape index (κ1) is 20.5. The molecule has 1 spiro atoms. The van der Waals surface area contributed by atoms with Gasteiger partial charge in [-0.05, 0) is 79.0 Å². The van der Waals surface area contributed by atoms with Crippen LogP contribution < -0.4 is 0 Å². The SMILES string of the molecule is C1=CC2(C=CC=C3C2=Cc2ccccc23)C2=Cc3ccccc3C2=C1.c1ccc2c(c1)-c1ccccc1-2. The van der Waals surface area contributed by atoms with Crippen molar-refractivity contribution in [2.45, 2.75) is 0 Å². The van der Waals surface area contributed by atoms with Crippen LogP contribution in [-0.4, -0.2) is 0 Å². The minimum absolute atomic E-state index is 0.161. The van der Waals surface area contributed by atoms with E-state index in [1.54, 1.807) is 0 Å². The predicted octanol–water partition coefficient (Wildman–Crippen LogP) is 9.41. The quantitative estimate of drug-likeness (QED) is 0.212. The van der Waals surface area contributed by atoms with E-state index >= 15 is 0 Å². The summed E-state index contributed by atoms with van der Waals surface area (Å²) >= 11 is 0. The lowest BCUT2D eigenvalue weighted by Crippen LogP contribution is -2.24. The van der Waals surface area contributed by atoms with E-state index in [0.717, 1.165) is 0 Å². The van der Waals surface area contributed by atoms with Gasteiger partial charge in [0.15, 0.2) is 0 Å². The molecule has 0 radical (unpaired) electrons. The van der Waals surface area contributed by atoms with E-state index in [9.17, 15) is 0 Å². The third kappa shape index (κ3) is 2.84. The highest BCUT2D eigenvalue weighted by Crippen LogP contribution is 2.58. The maximum atomic E-state index is 2.38. The number of fused-ring (bicyclic) bond motifs is 12. The lowest BCUT2D eigenvalue weighted by Gasteiger charge is -2.36. The normalized spacial score (nSPS) is 17.3. The predicted molar refractivity (Wildman–Crippen MR) is 156 cm³/mol. The van der Waals surface area contributed by atoms with Gasteiger partial charge in [-0.25, -0.2) is 0 Å². The molecule has 0 heterocycles. The molecule has 0 saturated heterocycles. The fourth-order valence-corrected chi connectivity index (χ4v) is 6.53. The largest absolute Gasteiger partial charge is 0.0657 e. The van der Waals surface area contributed by atoms with E-state index in [-0.39, 0.29) is 5.41 Å². The van der Waals surface area contributed by atoms with Crippen LogP contribution in [0.25, 0.3) is 45.6 Å². The van der Waals surface area contributed by atoms with E-state index in [1.165, 1.54) is 66.8 Å². The van der Waals surface area contributed by atoms with E-state index in [2.05, 4.69) is 146 Å². The van der Waals surface area contributed by atoms with Crippen molar-refractivity contribution in [1.29, 1.82) is 0 Å².